The van der Waals surface area contributed by atoms with Gasteiger partial charge in [0.25, 0.3) is 0 Å². The highest BCUT2D eigenvalue weighted by atomic mass is 32.1. The van der Waals surface area contributed by atoms with E-state index in [4.69, 9.17) is 4.74 Å². The van der Waals surface area contributed by atoms with E-state index in [-0.39, 0.29) is 11.7 Å². The minimum Gasteiger partial charge on any atom is -0.387 e. The van der Waals surface area contributed by atoms with Crippen molar-refractivity contribution in [2.75, 3.05) is 6.61 Å². The SMILES string of the molecule is CCc1ccsc1C(O)C1CCOC2(CCCC2)C1. The first kappa shape index (κ1) is 13.6. The molecule has 2 fully saturated rings. The third-order valence-corrected chi connectivity index (χ3v) is 5.95. The summed E-state index contributed by atoms with van der Waals surface area (Å²) in [6.45, 7) is 3.00. The first-order chi connectivity index (χ1) is 9.24. The lowest BCUT2D eigenvalue weighted by Gasteiger charge is -2.40. The van der Waals surface area contributed by atoms with Crippen LogP contribution >= 0.6 is 11.3 Å². The monoisotopic (exact) mass is 280 g/mol. The molecule has 3 heteroatoms. The van der Waals surface area contributed by atoms with Crippen LogP contribution < -0.4 is 0 Å². The Hall–Kier alpha value is -0.380. The van der Waals surface area contributed by atoms with Crippen molar-refractivity contribution < 1.29 is 9.84 Å². The van der Waals surface area contributed by atoms with Crippen molar-refractivity contribution in [2.24, 2.45) is 5.92 Å². The summed E-state index contributed by atoms with van der Waals surface area (Å²) in [5.74, 6) is 0.385. The predicted octanol–water partition coefficient (Wildman–Crippen LogP) is 4.08. The number of aliphatic hydroxyl groups excluding tert-OH is 1. The van der Waals surface area contributed by atoms with Crippen LogP contribution in [-0.2, 0) is 11.2 Å². The molecule has 3 rings (SSSR count). The molecular weight excluding hydrogens is 256 g/mol. The summed E-state index contributed by atoms with van der Waals surface area (Å²) in [4.78, 5) is 1.20. The number of rotatable bonds is 3. The van der Waals surface area contributed by atoms with Crippen LogP contribution in [0.15, 0.2) is 11.4 Å². The molecule has 1 saturated heterocycles. The van der Waals surface area contributed by atoms with Crippen molar-refractivity contribution in [2.45, 2.75) is 63.6 Å². The molecule has 1 aromatic rings. The van der Waals surface area contributed by atoms with Gasteiger partial charge in [0.1, 0.15) is 0 Å². The normalized spacial score (nSPS) is 27.8. The maximum Gasteiger partial charge on any atom is 0.0914 e. The Kier molecular flexibility index (Phi) is 3.97. The first-order valence-electron chi connectivity index (χ1n) is 7.62. The van der Waals surface area contributed by atoms with Gasteiger partial charge in [-0.25, -0.2) is 0 Å². The fraction of sp³-hybridized carbons (Fsp3) is 0.750. The molecule has 2 nitrogen and oxygen atoms in total. The van der Waals surface area contributed by atoms with Crippen molar-refractivity contribution in [3.8, 4) is 0 Å². The highest BCUT2D eigenvalue weighted by Crippen LogP contribution is 2.46. The third-order valence-electron chi connectivity index (χ3n) is 4.92. The molecule has 1 N–H and O–H groups in total. The number of aryl methyl sites for hydroxylation is 1. The van der Waals surface area contributed by atoms with Crippen LogP contribution in [0.4, 0.5) is 0 Å². The van der Waals surface area contributed by atoms with Gasteiger partial charge in [0.2, 0.25) is 0 Å². The lowest BCUT2D eigenvalue weighted by Crippen LogP contribution is -2.39. The standard InChI is InChI=1S/C16H24O2S/c1-2-12-6-10-19-15(12)14(17)13-5-9-18-16(11-13)7-3-4-8-16/h6,10,13-14,17H,2-5,7-9,11H2,1H3. The molecule has 106 valence electrons. The van der Waals surface area contributed by atoms with Crippen LogP contribution in [0, 0.1) is 5.92 Å². The smallest absolute Gasteiger partial charge is 0.0914 e. The average molecular weight is 280 g/mol. The molecule has 0 aromatic carbocycles. The van der Waals surface area contributed by atoms with E-state index in [9.17, 15) is 5.11 Å². The minimum absolute atomic E-state index is 0.105. The molecule has 0 radical (unpaired) electrons. The van der Waals surface area contributed by atoms with Gasteiger partial charge >= 0.3 is 0 Å². The molecule has 1 spiro atoms. The van der Waals surface area contributed by atoms with Gasteiger partial charge in [0.05, 0.1) is 11.7 Å². The lowest BCUT2D eigenvalue weighted by molar-refractivity contribution is -0.113. The molecule has 1 aromatic heterocycles. The topological polar surface area (TPSA) is 29.5 Å². The van der Waals surface area contributed by atoms with Gasteiger partial charge in [-0.1, -0.05) is 19.8 Å². The summed E-state index contributed by atoms with van der Waals surface area (Å²) in [5.41, 5.74) is 1.43. The molecule has 0 bridgehead atoms. The highest BCUT2D eigenvalue weighted by molar-refractivity contribution is 7.10. The van der Waals surface area contributed by atoms with Gasteiger partial charge in [0.15, 0.2) is 0 Å². The average Bonchev–Trinajstić information content (AvgIpc) is 3.07. The molecule has 2 unspecified atom stereocenters. The van der Waals surface area contributed by atoms with E-state index < -0.39 is 0 Å². The number of aliphatic hydroxyl groups is 1. The van der Waals surface area contributed by atoms with E-state index >= 15 is 0 Å². The fourth-order valence-electron chi connectivity index (χ4n) is 3.82. The minimum atomic E-state index is -0.281. The zero-order valence-corrected chi connectivity index (χ0v) is 12.5. The van der Waals surface area contributed by atoms with Gasteiger partial charge < -0.3 is 9.84 Å². The second kappa shape index (κ2) is 5.55. The van der Waals surface area contributed by atoms with Gasteiger partial charge in [0, 0.05) is 11.5 Å². The number of ether oxygens (including phenoxy) is 1. The zero-order valence-electron chi connectivity index (χ0n) is 11.7. The van der Waals surface area contributed by atoms with Crippen LogP contribution in [0.5, 0.6) is 0 Å². The predicted molar refractivity (Wildman–Crippen MR) is 78.5 cm³/mol. The number of hydrogen-bond donors (Lipinski definition) is 1. The molecule has 19 heavy (non-hydrogen) atoms. The molecule has 2 heterocycles. The molecule has 1 saturated carbocycles. The van der Waals surface area contributed by atoms with Crippen LogP contribution in [0.1, 0.15) is 62.0 Å². The Morgan fingerprint density at radius 1 is 1.47 bits per heavy atom. The first-order valence-corrected chi connectivity index (χ1v) is 8.50. The fourth-order valence-corrected chi connectivity index (χ4v) is 4.89. The van der Waals surface area contributed by atoms with Crippen LogP contribution in [0.3, 0.4) is 0 Å². The van der Waals surface area contributed by atoms with Gasteiger partial charge in [-0.3, -0.25) is 0 Å². The maximum absolute atomic E-state index is 10.7. The van der Waals surface area contributed by atoms with E-state index in [0.717, 1.165) is 25.9 Å². The van der Waals surface area contributed by atoms with Crippen LogP contribution in [-0.4, -0.2) is 17.3 Å². The number of thiophene rings is 1. The third kappa shape index (κ3) is 2.61. The summed E-state index contributed by atoms with van der Waals surface area (Å²) >= 11 is 1.72. The molecular formula is C16H24O2S. The van der Waals surface area contributed by atoms with E-state index in [1.54, 1.807) is 11.3 Å². The van der Waals surface area contributed by atoms with Gasteiger partial charge in [-0.2, -0.15) is 0 Å². The van der Waals surface area contributed by atoms with Crippen LogP contribution in [0.25, 0.3) is 0 Å². The Balaban J connectivity index is 1.74. The maximum atomic E-state index is 10.7. The molecule has 2 aliphatic rings. The quantitative estimate of drug-likeness (QED) is 0.904. The van der Waals surface area contributed by atoms with Gasteiger partial charge in [-0.15, -0.1) is 11.3 Å². The molecule has 0 amide bonds. The highest BCUT2D eigenvalue weighted by Gasteiger charge is 2.42. The van der Waals surface area contributed by atoms with Crippen molar-refractivity contribution >= 4 is 11.3 Å². The van der Waals surface area contributed by atoms with E-state index in [2.05, 4.69) is 18.4 Å². The second-order valence-corrected chi connectivity index (χ2v) is 7.05. The van der Waals surface area contributed by atoms with Crippen molar-refractivity contribution in [3.63, 3.8) is 0 Å². The Morgan fingerprint density at radius 2 is 2.26 bits per heavy atom. The largest absolute Gasteiger partial charge is 0.387 e. The molecule has 1 aliphatic heterocycles. The zero-order chi connectivity index (χ0) is 13.3. The van der Waals surface area contributed by atoms with Gasteiger partial charge in [-0.05, 0) is 55.0 Å². The van der Waals surface area contributed by atoms with E-state index in [1.165, 1.54) is 36.1 Å². The summed E-state index contributed by atoms with van der Waals surface area (Å²) in [5, 5.41) is 12.9. The van der Waals surface area contributed by atoms with Crippen LogP contribution in [0.2, 0.25) is 0 Å². The summed E-state index contributed by atoms with van der Waals surface area (Å²) in [7, 11) is 0. The molecule has 2 atom stereocenters. The Labute approximate surface area is 119 Å². The Morgan fingerprint density at radius 3 is 3.00 bits per heavy atom. The van der Waals surface area contributed by atoms with E-state index in [0.29, 0.717) is 5.92 Å². The lowest BCUT2D eigenvalue weighted by atomic mass is 9.81. The van der Waals surface area contributed by atoms with Crippen molar-refractivity contribution in [3.05, 3.63) is 21.9 Å². The summed E-state index contributed by atoms with van der Waals surface area (Å²) < 4.78 is 6.07. The van der Waals surface area contributed by atoms with E-state index in [1.807, 2.05) is 0 Å². The molecule has 1 aliphatic carbocycles. The van der Waals surface area contributed by atoms with Crippen molar-refractivity contribution in [1.82, 2.24) is 0 Å². The Bertz CT molecular complexity index is 420. The summed E-state index contributed by atoms with van der Waals surface area (Å²) in [6.07, 6.45) is 7.77. The van der Waals surface area contributed by atoms with Crippen molar-refractivity contribution in [1.29, 1.82) is 0 Å². The number of hydrogen-bond acceptors (Lipinski definition) is 3. The second-order valence-electron chi connectivity index (χ2n) is 6.10. The summed E-state index contributed by atoms with van der Waals surface area (Å²) in [6, 6.07) is 2.16.